The minimum absolute atomic E-state index is 0.0717. The highest BCUT2D eigenvalue weighted by atomic mass is 16.5. The van der Waals surface area contributed by atoms with E-state index < -0.39 is 0 Å². The Labute approximate surface area is 108 Å². The van der Waals surface area contributed by atoms with Crippen LogP contribution >= 0.6 is 0 Å². The number of carbonyl (C=O) groups excluding carboxylic acids is 1. The standard InChI is InChI=1S/C14H20N2O2/c1-2-12-5-3-4-6-13(12)18-11-14(17)16-9-7-15-8-10-16/h3-6,15H,2,7-11H2,1H3. The van der Waals surface area contributed by atoms with Gasteiger partial charge in [-0.3, -0.25) is 4.79 Å². The fourth-order valence-corrected chi connectivity index (χ4v) is 2.08. The summed E-state index contributed by atoms with van der Waals surface area (Å²) in [7, 11) is 0. The second-order valence-corrected chi connectivity index (χ2v) is 4.38. The summed E-state index contributed by atoms with van der Waals surface area (Å²) < 4.78 is 5.63. The molecule has 0 bridgehead atoms. The average molecular weight is 248 g/mol. The molecule has 1 aliphatic heterocycles. The van der Waals surface area contributed by atoms with Crippen molar-refractivity contribution < 1.29 is 9.53 Å². The molecule has 4 heteroatoms. The quantitative estimate of drug-likeness (QED) is 0.866. The third-order valence-electron chi connectivity index (χ3n) is 3.17. The summed E-state index contributed by atoms with van der Waals surface area (Å²) in [5, 5.41) is 3.23. The van der Waals surface area contributed by atoms with Crippen molar-refractivity contribution in [3.8, 4) is 5.75 Å². The number of amides is 1. The van der Waals surface area contributed by atoms with Crippen LogP contribution in [0.25, 0.3) is 0 Å². The second-order valence-electron chi connectivity index (χ2n) is 4.38. The molecule has 1 heterocycles. The zero-order valence-corrected chi connectivity index (χ0v) is 10.8. The summed E-state index contributed by atoms with van der Waals surface area (Å²) in [5.41, 5.74) is 1.14. The number of nitrogens with one attached hydrogen (secondary N) is 1. The lowest BCUT2D eigenvalue weighted by molar-refractivity contribution is -0.133. The van der Waals surface area contributed by atoms with E-state index in [4.69, 9.17) is 4.74 Å². The van der Waals surface area contributed by atoms with Gasteiger partial charge in [-0.15, -0.1) is 0 Å². The molecule has 0 aromatic heterocycles. The summed E-state index contributed by atoms with van der Waals surface area (Å²) in [6.07, 6.45) is 0.915. The van der Waals surface area contributed by atoms with E-state index >= 15 is 0 Å². The van der Waals surface area contributed by atoms with Crippen LogP contribution in [0.15, 0.2) is 24.3 Å². The van der Waals surface area contributed by atoms with E-state index in [2.05, 4.69) is 12.2 Å². The van der Waals surface area contributed by atoms with E-state index in [1.54, 1.807) is 0 Å². The second kappa shape index (κ2) is 6.40. The number of para-hydroxylation sites is 1. The molecular formula is C14H20N2O2. The highest BCUT2D eigenvalue weighted by Crippen LogP contribution is 2.18. The summed E-state index contributed by atoms with van der Waals surface area (Å²) >= 11 is 0. The lowest BCUT2D eigenvalue weighted by Gasteiger charge is -2.27. The lowest BCUT2D eigenvalue weighted by Crippen LogP contribution is -2.47. The van der Waals surface area contributed by atoms with Gasteiger partial charge in [-0.1, -0.05) is 25.1 Å². The van der Waals surface area contributed by atoms with E-state index in [-0.39, 0.29) is 12.5 Å². The molecule has 1 saturated heterocycles. The highest BCUT2D eigenvalue weighted by Gasteiger charge is 2.16. The first kappa shape index (κ1) is 12.9. The predicted molar refractivity (Wildman–Crippen MR) is 70.8 cm³/mol. The molecule has 0 spiro atoms. The van der Waals surface area contributed by atoms with Crippen LogP contribution < -0.4 is 10.1 Å². The van der Waals surface area contributed by atoms with E-state index in [1.165, 1.54) is 0 Å². The molecule has 98 valence electrons. The Morgan fingerprint density at radius 2 is 2.06 bits per heavy atom. The molecule has 0 radical (unpaired) electrons. The Morgan fingerprint density at radius 3 is 2.78 bits per heavy atom. The number of nitrogens with zero attached hydrogens (tertiary/aromatic N) is 1. The number of aryl methyl sites for hydroxylation is 1. The SMILES string of the molecule is CCc1ccccc1OCC(=O)N1CCNCC1. The third kappa shape index (κ3) is 3.23. The molecular weight excluding hydrogens is 228 g/mol. The van der Waals surface area contributed by atoms with Crippen LogP contribution in [0.2, 0.25) is 0 Å². The van der Waals surface area contributed by atoms with Crippen molar-refractivity contribution in [2.45, 2.75) is 13.3 Å². The highest BCUT2D eigenvalue weighted by molar-refractivity contribution is 5.77. The molecule has 2 rings (SSSR count). The molecule has 1 N–H and O–H groups in total. The van der Waals surface area contributed by atoms with Crippen molar-refractivity contribution in [3.63, 3.8) is 0 Å². The molecule has 18 heavy (non-hydrogen) atoms. The number of hydrogen-bond donors (Lipinski definition) is 1. The van der Waals surface area contributed by atoms with Gasteiger partial charge >= 0.3 is 0 Å². The molecule has 1 fully saturated rings. The molecule has 4 nitrogen and oxygen atoms in total. The lowest BCUT2D eigenvalue weighted by atomic mass is 10.1. The van der Waals surface area contributed by atoms with Crippen molar-refractivity contribution in [1.82, 2.24) is 10.2 Å². The van der Waals surface area contributed by atoms with Gasteiger partial charge in [0.2, 0.25) is 0 Å². The third-order valence-corrected chi connectivity index (χ3v) is 3.17. The molecule has 1 aliphatic rings. The summed E-state index contributed by atoms with van der Waals surface area (Å²) in [6, 6.07) is 7.88. The van der Waals surface area contributed by atoms with Crippen molar-refractivity contribution in [2.24, 2.45) is 0 Å². The number of carbonyl (C=O) groups is 1. The maximum Gasteiger partial charge on any atom is 0.260 e. The Morgan fingerprint density at radius 1 is 1.33 bits per heavy atom. The average Bonchev–Trinajstić information content (AvgIpc) is 2.46. The molecule has 1 aromatic carbocycles. The Kier molecular flexibility index (Phi) is 4.59. The molecule has 0 unspecified atom stereocenters. The van der Waals surface area contributed by atoms with Crippen molar-refractivity contribution in [2.75, 3.05) is 32.8 Å². The molecule has 1 amide bonds. The van der Waals surface area contributed by atoms with Gasteiger partial charge in [0.15, 0.2) is 6.61 Å². The van der Waals surface area contributed by atoms with E-state index in [0.717, 1.165) is 43.9 Å². The first-order chi connectivity index (χ1) is 8.81. The van der Waals surface area contributed by atoms with Gasteiger partial charge in [0.1, 0.15) is 5.75 Å². The first-order valence-corrected chi connectivity index (χ1v) is 6.50. The zero-order valence-electron chi connectivity index (χ0n) is 10.8. The summed E-state index contributed by atoms with van der Waals surface area (Å²) in [4.78, 5) is 13.8. The summed E-state index contributed by atoms with van der Waals surface area (Å²) in [5.74, 6) is 0.894. The molecule has 1 aromatic rings. The van der Waals surface area contributed by atoms with E-state index in [0.29, 0.717) is 0 Å². The molecule has 0 saturated carbocycles. The normalized spacial score (nSPS) is 15.5. The fourth-order valence-electron chi connectivity index (χ4n) is 2.08. The fraction of sp³-hybridized carbons (Fsp3) is 0.500. The summed E-state index contributed by atoms with van der Waals surface area (Å²) in [6.45, 7) is 5.52. The Hall–Kier alpha value is -1.55. The van der Waals surface area contributed by atoms with Crippen LogP contribution in [0.4, 0.5) is 0 Å². The van der Waals surface area contributed by atoms with Crippen LogP contribution in [0.1, 0.15) is 12.5 Å². The van der Waals surface area contributed by atoms with Gasteiger partial charge in [-0.05, 0) is 18.1 Å². The number of piperazine rings is 1. The number of ether oxygens (including phenoxy) is 1. The predicted octanol–water partition coefficient (Wildman–Crippen LogP) is 1.06. The number of hydrogen-bond acceptors (Lipinski definition) is 3. The van der Waals surface area contributed by atoms with Crippen LogP contribution in [0.5, 0.6) is 5.75 Å². The van der Waals surface area contributed by atoms with Crippen molar-refractivity contribution >= 4 is 5.91 Å². The van der Waals surface area contributed by atoms with E-state index in [9.17, 15) is 4.79 Å². The molecule has 0 aliphatic carbocycles. The van der Waals surface area contributed by atoms with Gasteiger partial charge in [-0.2, -0.15) is 0 Å². The maximum atomic E-state index is 11.9. The van der Waals surface area contributed by atoms with Gasteiger partial charge in [0, 0.05) is 26.2 Å². The smallest absolute Gasteiger partial charge is 0.260 e. The molecule has 0 atom stereocenters. The maximum absolute atomic E-state index is 11.9. The monoisotopic (exact) mass is 248 g/mol. The topological polar surface area (TPSA) is 41.6 Å². The zero-order chi connectivity index (χ0) is 12.8. The van der Waals surface area contributed by atoms with Crippen LogP contribution in [0, 0.1) is 0 Å². The van der Waals surface area contributed by atoms with Gasteiger partial charge < -0.3 is 15.0 Å². The van der Waals surface area contributed by atoms with Gasteiger partial charge in [0.05, 0.1) is 0 Å². The van der Waals surface area contributed by atoms with Crippen LogP contribution in [-0.2, 0) is 11.2 Å². The number of rotatable bonds is 4. The minimum Gasteiger partial charge on any atom is -0.483 e. The largest absolute Gasteiger partial charge is 0.483 e. The minimum atomic E-state index is 0.0717. The van der Waals surface area contributed by atoms with E-state index in [1.807, 2.05) is 29.2 Å². The van der Waals surface area contributed by atoms with Gasteiger partial charge in [0.25, 0.3) is 5.91 Å². The van der Waals surface area contributed by atoms with Crippen molar-refractivity contribution in [1.29, 1.82) is 0 Å². The first-order valence-electron chi connectivity index (χ1n) is 6.50. The Bertz CT molecular complexity index is 401. The van der Waals surface area contributed by atoms with Crippen LogP contribution in [0.3, 0.4) is 0 Å². The van der Waals surface area contributed by atoms with Crippen LogP contribution in [-0.4, -0.2) is 43.6 Å². The van der Waals surface area contributed by atoms with Crippen molar-refractivity contribution in [3.05, 3.63) is 29.8 Å². The number of benzene rings is 1. The Balaban J connectivity index is 1.88. The van der Waals surface area contributed by atoms with Gasteiger partial charge in [-0.25, -0.2) is 0 Å².